The molecule has 2 aliphatic heterocycles. The molecule has 0 spiro atoms. The Hall–Kier alpha value is -3.30. The molecule has 0 fully saturated rings. The zero-order valence-corrected chi connectivity index (χ0v) is 13.8. The molecule has 0 saturated heterocycles. The first-order chi connectivity index (χ1) is 12.9. The van der Waals surface area contributed by atoms with E-state index < -0.39 is 35.4 Å². The number of pyridine rings is 1. The van der Waals surface area contributed by atoms with Crippen LogP contribution in [0.5, 0.6) is 5.75 Å². The largest absolute Gasteiger partial charge is 0.489 e. The van der Waals surface area contributed by atoms with Crippen LogP contribution in [0.2, 0.25) is 0 Å². The number of hydrogen-bond donors (Lipinski definition) is 2. The molecule has 0 aliphatic carbocycles. The van der Waals surface area contributed by atoms with Gasteiger partial charge in [0.05, 0.1) is 18.4 Å². The number of aromatic nitrogens is 1. The summed E-state index contributed by atoms with van der Waals surface area (Å²) in [6, 6.07) is 2.15. The predicted molar refractivity (Wildman–Crippen MR) is 86.4 cm³/mol. The Bertz CT molecular complexity index is 953. The molecule has 1 atom stereocenters. The molecule has 3 heterocycles. The number of urea groups is 1. The number of benzene rings is 1. The van der Waals surface area contributed by atoms with Crippen LogP contribution in [0.15, 0.2) is 24.4 Å². The maximum atomic E-state index is 13.9. The van der Waals surface area contributed by atoms with Crippen LogP contribution in [0.3, 0.4) is 0 Å². The van der Waals surface area contributed by atoms with Gasteiger partial charge in [-0.25, -0.2) is 18.0 Å². The lowest BCUT2D eigenvalue weighted by molar-refractivity contribution is -0.122. The number of halogens is 3. The molecule has 0 bridgehead atoms. The second-order valence-corrected chi connectivity index (χ2v) is 6.14. The van der Waals surface area contributed by atoms with Gasteiger partial charge in [-0.3, -0.25) is 9.78 Å². The molecule has 1 aromatic heterocycles. The quantitative estimate of drug-likeness (QED) is 0.857. The summed E-state index contributed by atoms with van der Waals surface area (Å²) >= 11 is 0. The van der Waals surface area contributed by atoms with Gasteiger partial charge in [-0.2, -0.15) is 0 Å². The third-order valence-electron chi connectivity index (χ3n) is 4.33. The molecule has 27 heavy (non-hydrogen) atoms. The summed E-state index contributed by atoms with van der Waals surface area (Å²) in [6.45, 7) is -0.556. The molecule has 2 aromatic rings. The minimum atomic E-state index is -1.07. The first kappa shape index (κ1) is 17.1. The molecular weight excluding hydrogens is 365 g/mol. The number of nitrogens with zero attached hydrogens (tertiary/aromatic N) is 2. The van der Waals surface area contributed by atoms with Gasteiger partial charge in [0.25, 0.3) is 0 Å². The van der Waals surface area contributed by atoms with Crippen LogP contribution in [0.4, 0.5) is 23.7 Å². The molecule has 2 aliphatic rings. The van der Waals surface area contributed by atoms with Crippen LogP contribution in [0.1, 0.15) is 17.3 Å². The number of anilines is 1. The van der Waals surface area contributed by atoms with E-state index in [1.54, 1.807) is 0 Å². The maximum Gasteiger partial charge on any atom is 0.322 e. The second-order valence-electron chi connectivity index (χ2n) is 6.14. The zero-order valence-electron chi connectivity index (χ0n) is 13.8. The van der Waals surface area contributed by atoms with Crippen molar-refractivity contribution in [1.29, 1.82) is 0 Å². The van der Waals surface area contributed by atoms with Gasteiger partial charge in [-0.1, -0.05) is 0 Å². The maximum absolute atomic E-state index is 13.9. The van der Waals surface area contributed by atoms with Crippen LogP contribution >= 0.6 is 0 Å². The Morgan fingerprint density at radius 1 is 1.37 bits per heavy atom. The molecule has 7 nitrogen and oxygen atoms in total. The summed E-state index contributed by atoms with van der Waals surface area (Å²) in [5.74, 6) is -2.96. The number of rotatable bonds is 3. The highest BCUT2D eigenvalue weighted by atomic mass is 19.2. The smallest absolute Gasteiger partial charge is 0.322 e. The Kier molecular flexibility index (Phi) is 4.09. The summed E-state index contributed by atoms with van der Waals surface area (Å²) in [6.07, 6.45) is 1.01. The lowest BCUT2D eigenvalue weighted by atomic mass is 10.1. The molecule has 140 valence electrons. The number of amides is 3. The fraction of sp³-hybridized carbons (Fsp3) is 0.235. The van der Waals surface area contributed by atoms with Crippen LogP contribution in [0, 0.1) is 17.5 Å². The van der Waals surface area contributed by atoms with Crippen molar-refractivity contribution in [2.24, 2.45) is 0 Å². The van der Waals surface area contributed by atoms with Crippen molar-refractivity contribution in [2.45, 2.75) is 12.6 Å². The number of carbonyl (C=O) groups is 2. The van der Waals surface area contributed by atoms with Crippen LogP contribution in [0.25, 0.3) is 0 Å². The molecule has 3 amide bonds. The average molecular weight is 378 g/mol. The van der Waals surface area contributed by atoms with Gasteiger partial charge in [0.15, 0.2) is 11.6 Å². The van der Waals surface area contributed by atoms with E-state index in [0.29, 0.717) is 5.69 Å². The highest BCUT2D eigenvalue weighted by molar-refractivity contribution is 5.95. The summed E-state index contributed by atoms with van der Waals surface area (Å²) in [7, 11) is 0. The number of nitrogens with one attached hydrogen (secondary N) is 2. The molecule has 1 aromatic carbocycles. The van der Waals surface area contributed by atoms with Crippen molar-refractivity contribution >= 4 is 17.6 Å². The highest BCUT2D eigenvalue weighted by Gasteiger charge is 2.31. The van der Waals surface area contributed by atoms with Crippen molar-refractivity contribution < 1.29 is 27.5 Å². The lowest BCUT2D eigenvalue weighted by Gasteiger charge is -2.29. The predicted octanol–water partition coefficient (Wildman–Crippen LogP) is 2.10. The van der Waals surface area contributed by atoms with Crippen molar-refractivity contribution in [1.82, 2.24) is 15.2 Å². The molecule has 0 unspecified atom stereocenters. The van der Waals surface area contributed by atoms with E-state index in [-0.39, 0.29) is 36.7 Å². The van der Waals surface area contributed by atoms with Gasteiger partial charge >= 0.3 is 6.03 Å². The van der Waals surface area contributed by atoms with E-state index >= 15 is 0 Å². The number of ether oxygens (including phenoxy) is 1. The van der Waals surface area contributed by atoms with Crippen molar-refractivity contribution in [3.05, 3.63) is 53.1 Å². The van der Waals surface area contributed by atoms with Crippen LogP contribution in [-0.4, -0.2) is 35.0 Å². The normalized spacial score (nSPS) is 17.7. The SMILES string of the molecule is O=C(CN1Cc2c(ccc(F)c2F)NC1=O)N[C@@H]1COc2cc(F)cnc21. The van der Waals surface area contributed by atoms with Gasteiger partial charge in [0.1, 0.15) is 36.5 Å². The summed E-state index contributed by atoms with van der Waals surface area (Å²) < 4.78 is 45.8. The van der Waals surface area contributed by atoms with E-state index in [2.05, 4.69) is 15.6 Å². The van der Waals surface area contributed by atoms with Gasteiger partial charge in [-0.05, 0) is 12.1 Å². The van der Waals surface area contributed by atoms with Gasteiger partial charge in [0, 0.05) is 11.6 Å². The van der Waals surface area contributed by atoms with Gasteiger partial charge in [0.2, 0.25) is 5.91 Å². The summed E-state index contributed by atoms with van der Waals surface area (Å²) in [5, 5.41) is 5.05. The topological polar surface area (TPSA) is 83.6 Å². The van der Waals surface area contributed by atoms with Gasteiger partial charge < -0.3 is 20.3 Å². The molecule has 0 radical (unpaired) electrons. The van der Waals surface area contributed by atoms with Crippen molar-refractivity contribution in [3.63, 3.8) is 0 Å². The van der Waals surface area contributed by atoms with E-state index in [4.69, 9.17) is 4.74 Å². The fourth-order valence-electron chi connectivity index (χ4n) is 3.03. The minimum Gasteiger partial charge on any atom is -0.489 e. The average Bonchev–Trinajstić information content (AvgIpc) is 3.01. The second kappa shape index (κ2) is 6.45. The standard InChI is InChI=1S/C17H13F3N4O3/c18-8-3-13-16(21-4-8)12(7-27-13)22-14(25)6-24-5-9-11(23-17(24)26)2-1-10(19)15(9)20/h1-4,12H,5-7H2,(H,22,25)(H,23,26)/t12-/m1/s1. The fourth-order valence-corrected chi connectivity index (χ4v) is 3.03. The first-order valence-electron chi connectivity index (χ1n) is 8.03. The number of hydrogen-bond acceptors (Lipinski definition) is 4. The Morgan fingerprint density at radius 3 is 3.00 bits per heavy atom. The summed E-state index contributed by atoms with van der Waals surface area (Å²) in [4.78, 5) is 29.4. The Labute approximate surface area is 151 Å². The zero-order chi connectivity index (χ0) is 19.1. The van der Waals surface area contributed by atoms with Crippen molar-refractivity contribution in [2.75, 3.05) is 18.5 Å². The van der Waals surface area contributed by atoms with Crippen LogP contribution in [-0.2, 0) is 11.3 Å². The van der Waals surface area contributed by atoms with Crippen LogP contribution < -0.4 is 15.4 Å². The third-order valence-corrected chi connectivity index (χ3v) is 4.33. The lowest BCUT2D eigenvalue weighted by Crippen LogP contribution is -2.45. The molecule has 2 N–H and O–H groups in total. The Balaban J connectivity index is 1.45. The first-order valence-corrected chi connectivity index (χ1v) is 8.03. The number of carbonyl (C=O) groups excluding carboxylic acids is 2. The summed E-state index contributed by atoms with van der Waals surface area (Å²) in [5.41, 5.74) is 0.514. The van der Waals surface area contributed by atoms with E-state index in [1.165, 1.54) is 12.1 Å². The Morgan fingerprint density at radius 2 is 2.19 bits per heavy atom. The molecular formula is C17H13F3N4O3. The molecule has 0 saturated carbocycles. The highest BCUT2D eigenvalue weighted by Crippen LogP contribution is 2.31. The minimum absolute atomic E-state index is 0.0333. The van der Waals surface area contributed by atoms with E-state index in [9.17, 15) is 22.8 Å². The van der Waals surface area contributed by atoms with Crippen molar-refractivity contribution in [3.8, 4) is 5.75 Å². The van der Waals surface area contributed by atoms with Gasteiger partial charge in [-0.15, -0.1) is 0 Å². The monoisotopic (exact) mass is 378 g/mol. The third kappa shape index (κ3) is 3.14. The van der Waals surface area contributed by atoms with E-state index in [0.717, 1.165) is 17.2 Å². The molecule has 4 rings (SSSR count). The van der Waals surface area contributed by atoms with E-state index in [1.807, 2.05) is 0 Å². The molecule has 10 heteroatoms. The number of fused-ring (bicyclic) bond motifs is 2.